The van der Waals surface area contributed by atoms with E-state index in [2.05, 4.69) is 11.4 Å². The van der Waals surface area contributed by atoms with Crippen molar-refractivity contribution >= 4 is 28.6 Å². The number of aromatic nitrogens is 1. The van der Waals surface area contributed by atoms with E-state index in [1.54, 1.807) is 6.20 Å². The molecule has 0 unspecified atom stereocenters. The van der Waals surface area contributed by atoms with Crippen LogP contribution in [0.4, 0.5) is 0 Å². The number of nitrogens with zero attached hydrogens (tertiary/aromatic N) is 1. The Bertz CT molecular complexity index is 1140. The molecule has 0 fully saturated rings. The van der Waals surface area contributed by atoms with Crippen LogP contribution < -0.4 is 5.32 Å². The highest BCUT2D eigenvalue weighted by Gasteiger charge is 2.24. The number of carbonyl (C=O) groups is 3. The molecular weight excluding hydrogens is 356 g/mol. The summed E-state index contributed by atoms with van der Waals surface area (Å²) in [6.07, 6.45) is 2.88. The Morgan fingerprint density at radius 1 is 1.14 bits per heavy atom. The first-order valence-corrected chi connectivity index (χ1v) is 8.88. The van der Waals surface area contributed by atoms with Crippen molar-refractivity contribution in [3.63, 3.8) is 0 Å². The van der Waals surface area contributed by atoms with Crippen molar-refractivity contribution in [3.05, 3.63) is 83.2 Å². The van der Waals surface area contributed by atoms with Crippen molar-refractivity contribution in [1.29, 1.82) is 0 Å². The molecule has 140 valence electrons. The van der Waals surface area contributed by atoms with Crippen LogP contribution in [0.15, 0.2) is 66.5 Å². The molecule has 0 aliphatic carbocycles. The number of aryl methyl sites for hydroxylation is 1. The van der Waals surface area contributed by atoms with Crippen molar-refractivity contribution in [2.24, 2.45) is 0 Å². The maximum atomic E-state index is 12.8. The van der Waals surface area contributed by atoms with E-state index >= 15 is 0 Å². The van der Waals surface area contributed by atoms with Gasteiger partial charge in [0.1, 0.15) is 6.61 Å². The van der Waals surface area contributed by atoms with E-state index in [1.807, 2.05) is 54.0 Å². The van der Waals surface area contributed by atoms with Gasteiger partial charge in [0.05, 0.1) is 11.3 Å². The highest BCUT2D eigenvalue weighted by molar-refractivity contribution is 6.45. The molecule has 6 nitrogen and oxygen atoms in total. The molecule has 2 heterocycles. The van der Waals surface area contributed by atoms with Gasteiger partial charge in [-0.2, -0.15) is 0 Å². The highest BCUT2D eigenvalue weighted by atomic mass is 16.5. The summed E-state index contributed by atoms with van der Waals surface area (Å²) in [5.74, 6) is -1.97. The zero-order chi connectivity index (χ0) is 19.7. The first kappa shape index (κ1) is 17.7. The van der Waals surface area contributed by atoms with Gasteiger partial charge in [-0.05, 0) is 18.6 Å². The van der Waals surface area contributed by atoms with Gasteiger partial charge in [0.2, 0.25) is 0 Å². The van der Waals surface area contributed by atoms with Crippen LogP contribution in [0.2, 0.25) is 0 Å². The van der Waals surface area contributed by atoms with E-state index in [1.165, 1.54) is 6.08 Å². The first-order chi connectivity index (χ1) is 13.5. The standard InChI is InChI=1S/C22H18N2O4/c1-14-5-4-6-15(9-14)11-24-12-18(17-7-2-3-8-19(17)24)21(26)22(27)23-16-10-20(25)28-13-16/h2-10,12H,11,13H2,1H3,(H,23,27). The van der Waals surface area contributed by atoms with Crippen LogP contribution in [0.5, 0.6) is 0 Å². The van der Waals surface area contributed by atoms with Gasteiger partial charge >= 0.3 is 5.97 Å². The van der Waals surface area contributed by atoms with Crippen LogP contribution in [-0.2, 0) is 20.9 Å². The molecule has 4 rings (SSSR count). The smallest absolute Gasteiger partial charge is 0.333 e. The van der Waals surface area contributed by atoms with Gasteiger partial charge in [-0.15, -0.1) is 0 Å². The fourth-order valence-corrected chi connectivity index (χ4v) is 3.34. The summed E-state index contributed by atoms with van der Waals surface area (Å²) < 4.78 is 6.70. The quantitative estimate of drug-likeness (QED) is 0.423. The second-order valence-corrected chi connectivity index (χ2v) is 6.74. The number of para-hydroxylation sites is 1. The monoisotopic (exact) mass is 374 g/mol. The molecule has 0 saturated heterocycles. The number of ether oxygens (including phenoxy) is 1. The maximum absolute atomic E-state index is 12.8. The molecule has 1 aliphatic rings. The minimum absolute atomic E-state index is 0.0348. The number of cyclic esters (lactones) is 1. The van der Waals surface area contributed by atoms with Crippen LogP contribution >= 0.6 is 0 Å². The largest absolute Gasteiger partial charge is 0.456 e. The molecule has 6 heteroatoms. The lowest BCUT2D eigenvalue weighted by molar-refractivity contribution is -0.135. The Kier molecular flexibility index (Phi) is 4.53. The summed E-state index contributed by atoms with van der Waals surface area (Å²) in [6.45, 7) is 2.58. The average Bonchev–Trinajstić information content (AvgIpc) is 3.25. The van der Waals surface area contributed by atoms with E-state index < -0.39 is 17.7 Å². The molecule has 0 atom stereocenters. The molecule has 0 spiro atoms. The minimum atomic E-state index is -0.789. The molecular formula is C22H18N2O4. The number of ketones is 1. The molecule has 2 aromatic carbocycles. The lowest BCUT2D eigenvalue weighted by Gasteiger charge is -2.06. The van der Waals surface area contributed by atoms with Gasteiger partial charge in [0.25, 0.3) is 11.7 Å². The summed E-state index contributed by atoms with van der Waals surface area (Å²) in [5.41, 5.74) is 3.75. The number of hydrogen-bond donors (Lipinski definition) is 1. The van der Waals surface area contributed by atoms with Crippen LogP contribution in [0.1, 0.15) is 21.5 Å². The van der Waals surface area contributed by atoms with Crippen LogP contribution in [0.25, 0.3) is 10.9 Å². The minimum Gasteiger partial charge on any atom is -0.456 e. The van der Waals surface area contributed by atoms with Crippen LogP contribution in [0, 0.1) is 6.92 Å². The van der Waals surface area contributed by atoms with Gasteiger partial charge in [-0.3, -0.25) is 9.59 Å². The Hall–Kier alpha value is -3.67. The molecule has 1 aliphatic heterocycles. The van der Waals surface area contributed by atoms with Gasteiger partial charge in [-0.1, -0.05) is 48.0 Å². The average molecular weight is 374 g/mol. The zero-order valence-electron chi connectivity index (χ0n) is 15.3. The summed E-state index contributed by atoms with van der Waals surface area (Å²) >= 11 is 0. The second kappa shape index (κ2) is 7.15. The molecule has 1 amide bonds. The van der Waals surface area contributed by atoms with E-state index in [0.717, 1.165) is 16.6 Å². The van der Waals surface area contributed by atoms with E-state index in [9.17, 15) is 14.4 Å². The number of fused-ring (bicyclic) bond motifs is 1. The van der Waals surface area contributed by atoms with E-state index in [-0.39, 0.29) is 12.3 Å². The Labute approximate surface area is 161 Å². The van der Waals surface area contributed by atoms with Crippen LogP contribution in [0.3, 0.4) is 0 Å². The van der Waals surface area contributed by atoms with Gasteiger partial charge in [-0.25, -0.2) is 4.79 Å². The summed E-state index contributed by atoms with van der Waals surface area (Å²) in [7, 11) is 0. The fourth-order valence-electron chi connectivity index (χ4n) is 3.34. The van der Waals surface area contributed by atoms with Crippen molar-refractivity contribution in [2.45, 2.75) is 13.5 Å². The Morgan fingerprint density at radius 3 is 2.71 bits per heavy atom. The van der Waals surface area contributed by atoms with Crippen molar-refractivity contribution in [2.75, 3.05) is 6.61 Å². The third-order valence-electron chi connectivity index (χ3n) is 4.61. The zero-order valence-corrected chi connectivity index (χ0v) is 15.3. The number of carbonyl (C=O) groups excluding carboxylic acids is 3. The van der Waals surface area contributed by atoms with Gasteiger partial charge in [0.15, 0.2) is 0 Å². The third kappa shape index (κ3) is 3.44. The maximum Gasteiger partial charge on any atom is 0.333 e. The predicted molar refractivity (Wildman–Crippen MR) is 104 cm³/mol. The Morgan fingerprint density at radius 2 is 1.96 bits per heavy atom. The number of benzene rings is 2. The summed E-state index contributed by atoms with van der Waals surface area (Å²) in [6, 6.07) is 15.6. The number of Topliss-reactive ketones (excluding diaryl/α,β-unsaturated/α-hetero) is 1. The van der Waals surface area contributed by atoms with Gasteiger partial charge < -0.3 is 14.6 Å². The number of nitrogens with one attached hydrogen (secondary N) is 1. The lowest BCUT2D eigenvalue weighted by atomic mass is 10.1. The second-order valence-electron chi connectivity index (χ2n) is 6.74. The van der Waals surface area contributed by atoms with Crippen molar-refractivity contribution < 1.29 is 19.1 Å². The third-order valence-corrected chi connectivity index (χ3v) is 4.61. The molecule has 3 aromatic rings. The number of amides is 1. The SMILES string of the molecule is Cc1cccc(Cn2cc(C(=O)C(=O)NC3=CC(=O)OC3)c3ccccc32)c1. The highest BCUT2D eigenvalue weighted by Crippen LogP contribution is 2.23. The van der Waals surface area contributed by atoms with E-state index in [4.69, 9.17) is 4.74 Å². The topological polar surface area (TPSA) is 77.4 Å². The molecule has 0 radical (unpaired) electrons. The molecule has 0 saturated carbocycles. The number of hydrogen-bond acceptors (Lipinski definition) is 4. The molecule has 0 bridgehead atoms. The fraction of sp³-hybridized carbons (Fsp3) is 0.136. The molecule has 1 aromatic heterocycles. The van der Waals surface area contributed by atoms with Crippen molar-refractivity contribution in [1.82, 2.24) is 9.88 Å². The lowest BCUT2D eigenvalue weighted by Crippen LogP contribution is -2.31. The summed E-state index contributed by atoms with van der Waals surface area (Å²) in [4.78, 5) is 36.3. The van der Waals surface area contributed by atoms with Gasteiger partial charge in [0, 0.05) is 29.7 Å². The van der Waals surface area contributed by atoms with Crippen molar-refractivity contribution in [3.8, 4) is 0 Å². The normalized spacial score (nSPS) is 13.3. The van der Waals surface area contributed by atoms with Crippen LogP contribution in [-0.4, -0.2) is 28.8 Å². The first-order valence-electron chi connectivity index (χ1n) is 8.88. The Balaban J connectivity index is 1.65. The number of esters is 1. The molecule has 28 heavy (non-hydrogen) atoms. The molecule has 1 N–H and O–H groups in total. The summed E-state index contributed by atoms with van der Waals surface area (Å²) in [5, 5.41) is 3.17. The predicted octanol–water partition coefficient (Wildman–Crippen LogP) is 2.74. The number of rotatable bonds is 5. The van der Waals surface area contributed by atoms with E-state index in [0.29, 0.717) is 17.5 Å².